The van der Waals surface area contributed by atoms with Gasteiger partial charge in [0.1, 0.15) is 0 Å². The van der Waals surface area contributed by atoms with Crippen LogP contribution in [0.2, 0.25) is 0 Å². The van der Waals surface area contributed by atoms with Gasteiger partial charge in [-0.15, -0.1) is 0 Å². The summed E-state index contributed by atoms with van der Waals surface area (Å²) in [5.41, 5.74) is 1.20. The third kappa shape index (κ3) is 3.80. The van der Waals surface area contributed by atoms with Gasteiger partial charge in [-0.2, -0.15) is 11.8 Å². The summed E-state index contributed by atoms with van der Waals surface area (Å²) >= 11 is 5.43. The average Bonchev–Trinajstić information content (AvgIpc) is 2.74. The lowest BCUT2D eigenvalue weighted by Crippen LogP contribution is -1.97. The molecule has 1 aromatic rings. The van der Waals surface area contributed by atoms with Crippen LogP contribution >= 0.6 is 27.7 Å². The van der Waals surface area contributed by atoms with E-state index in [1.165, 1.54) is 37.1 Å². The minimum absolute atomic E-state index is 0.977. The molecule has 2 rings (SSSR count). The van der Waals surface area contributed by atoms with Crippen molar-refractivity contribution in [1.82, 2.24) is 4.98 Å². The molecule has 1 aromatic heterocycles. The van der Waals surface area contributed by atoms with Crippen molar-refractivity contribution in [3.8, 4) is 0 Å². The highest BCUT2D eigenvalue weighted by Gasteiger charge is 2.14. The molecule has 15 heavy (non-hydrogen) atoms. The molecule has 0 spiro atoms. The molecule has 1 heterocycles. The molecular formula is C12H16BrNS. The molecule has 0 aliphatic heterocycles. The van der Waals surface area contributed by atoms with Crippen LogP contribution in [0, 0.1) is 5.92 Å². The van der Waals surface area contributed by atoms with Crippen LogP contribution in [0.3, 0.4) is 0 Å². The predicted molar refractivity (Wildman–Crippen MR) is 70.1 cm³/mol. The Bertz CT molecular complexity index is 293. The minimum atomic E-state index is 0.977. The van der Waals surface area contributed by atoms with Crippen LogP contribution in [-0.2, 0) is 5.75 Å². The average molecular weight is 286 g/mol. The largest absolute Gasteiger partial charge is 0.259 e. The van der Waals surface area contributed by atoms with Gasteiger partial charge in [-0.3, -0.25) is 4.98 Å². The maximum Gasteiger partial charge on any atom is 0.0503 e. The van der Waals surface area contributed by atoms with Crippen molar-refractivity contribution in [2.24, 2.45) is 5.92 Å². The molecule has 0 N–H and O–H groups in total. The summed E-state index contributed by atoms with van der Waals surface area (Å²) < 4.78 is 1.06. The van der Waals surface area contributed by atoms with Gasteiger partial charge >= 0.3 is 0 Å². The van der Waals surface area contributed by atoms with E-state index in [4.69, 9.17) is 0 Å². The van der Waals surface area contributed by atoms with Crippen LogP contribution in [0.1, 0.15) is 31.4 Å². The molecule has 1 aliphatic carbocycles. The Morgan fingerprint density at radius 2 is 2.13 bits per heavy atom. The van der Waals surface area contributed by atoms with Gasteiger partial charge in [0.15, 0.2) is 0 Å². The zero-order valence-electron chi connectivity index (χ0n) is 8.79. The molecule has 1 fully saturated rings. The second kappa shape index (κ2) is 5.90. The first kappa shape index (κ1) is 11.5. The van der Waals surface area contributed by atoms with E-state index in [1.807, 2.05) is 18.0 Å². The van der Waals surface area contributed by atoms with Gasteiger partial charge in [0.05, 0.1) is 5.69 Å². The fraction of sp³-hybridized carbons (Fsp3) is 0.583. The topological polar surface area (TPSA) is 12.9 Å². The summed E-state index contributed by atoms with van der Waals surface area (Å²) in [7, 11) is 0. The summed E-state index contributed by atoms with van der Waals surface area (Å²) in [4.78, 5) is 4.37. The van der Waals surface area contributed by atoms with Crippen LogP contribution in [-0.4, -0.2) is 10.7 Å². The quantitative estimate of drug-likeness (QED) is 0.820. The molecule has 1 saturated carbocycles. The third-order valence-corrected chi connectivity index (χ3v) is 4.54. The summed E-state index contributed by atoms with van der Waals surface area (Å²) in [6, 6.07) is 4.17. The van der Waals surface area contributed by atoms with E-state index in [-0.39, 0.29) is 0 Å². The molecular weight excluding hydrogens is 270 g/mol. The van der Waals surface area contributed by atoms with E-state index in [0.29, 0.717) is 0 Å². The van der Waals surface area contributed by atoms with Crippen molar-refractivity contribution in [2.75, 3.05) is 5.75 Å². The highest BCUT2D eigenvalue weighted by Crippen LogP contribution is 2.28. The highest BCUT2D eigenvalue weighted by atomic mass is 79.9. The lowest BCUT2D eigenvalue weighted by molar-refractivity contribution is 0.623. The Morgan fingerprint density at radius 1 is 1.33 bits per heavy atom. The zero-order valence-corrected chi connectivity index (χ0v) is 11.2. The SMILES string of the molecule is Brc1ccc(CSCC2CCCC2)nc1. The third-order valence-electron chi connectivity index (χ3n) is 2.87. The van der Waals surface area contributed by atoms with Crippen LogP contribution in [0.5, 0.6) is 0 Å². The molecule has 0 radical (unpaired) electrons. The van der Waals surface area contributed by atoms with Crippen LogP contribution < -0.4 is 0 Å². The van der Waals surface area contributed by atoms with Crippen molar-refractivity contribution < 1.29 is 0 Å². The molecule has 0 unspecified atom stereocenters. The van der Waals surface area contributed by atoms with Gasteiger partial charge in [-0.05, 0) is 52.6 Å². The van der Waals surface area contributed by atoms with E-state index in [9.17, 15) is 0 Å². The van der Waals surface area contributed by atoms with E-state index in [1.54, 1.807) is 0 Å². The maximum absolute atomic E-state index is 4.37. The van der Waals surface area contributed by atoms with Gasteiger partial charge in [0.2, 0.25) is 0 Å². The first-order valence-corrected chi connectivity index (χ1v) is 7.47. The van der Waals surface area contributed by atoms with E-state index in [2.05, 4.69) is 33.0 Å². The number of nitrogens with zero attached hydrogens (tertiary/aromatic N) is 1. The van der Waals surface area contributed by atoms with Gasteiger partial charge in [-0.1, -0.05) is 12.8 Å². The second-order valence-electron chi connectivity index (χ2n) is 4.13. The molecule has 3 heteroatoms. The van der Waals surface area contributed by atoms with Crippen molar-refractivity contribution in [2.45, 2.75) is 31.4 Å². The lowest BCUT2D eigenvalue weighted by Gasteiger charge is -2.07. The smallest absolute Gasteiger partial charge is 0.0503 e. The van der Waals surface area contributed by atoms with Gasteiger partial charge in [0, 0.05) is 16.4 Å². The molecule has 0 saturated heterocycles. The molecule has 82 valence electrons. The van der Waals surface area contributed by atoms with Crippen LogP contribution in [0.4, 0.5) is 0 Å². The standard InChI is InChI=1S/C12H16BrNS/c13-11-5-6-12(14-7-11)9-15-8-10-3-1-2-4-10/h5-7,10H,1-4,8-9H2. The first-order valence-electron chi connectivity index (χ1n) is 5.53. The van der Waals surface area contributed by atoms with Gasteiger partial charge < -0.3 is 0 Å². The first-order chi connectivity index (χ1) is 7.34. The fourth-order valence-corrected chi connectivity index (χ4v) is 3.40. The molecule has 0 atom stereocenters. The fourth-order valence-electron chi connectivity index (χ4n) is 2.00. The van der Waals surface area contributed by atoms with Crippen LogP contribution in [0.25, 0.3) is 0 Å². The number of hydrogen-bond acceptors (Lipinski definition) is 2. The summed E-state index contributed by atoms with van der Waals surface area (Å²) in [6.45, 7) is 0. The molecule has 0 aromatic carbocycles. The summed E-state index contributed by atoms with van der Waals surface area (Å²) in [6.07, 6.45) is 7.66. The number of thioether (sulfide) groups is 1. The second-order valence-corrected chi connectivity index (χ2v) is 6.08. The zero-order chi connectivity index (χ0) is 10.5. The number of halogens is 1. The van der Waals surface area contributed by atoms with Crippen molar-refractivity contribution in [3.05, 3.63) is 28.5 Å². The van der Waals surface area contributed by atoms with Gasteiger partial charge in [0.25, 0.3) is 0 Å². The monoisotopic (exact) mass is 285 g/mol. The number of rotatable bonds is 4. The molecule has 0 amide bonds. The number of aromatic nitrogens is 1. The number of hydrogen-bond donors (Lipinski definition) is 0. The Hall–Kier alpha value is -0.0200. The normalized spacial score (nSPS) is 17.1. The Labute approximate surface area is 104 Å². The van der Waals surface area contributed by atoms with Crippen LogP contribution in [0.15, 0.2) is 22.8 Å². The molecule has 0 bridgehead atoms. The Morgan fingerprint density at radius 3 is 2.80 bits per heavy atom. The molecule has 1 nitrogen and oxygen atoms in total. The van der Waals surface area contributed by atoms with Gasteiger partial charge in [-0.25, -0.2) is 0 Å². The Kier molecular flexibility index (Phi) is 4.51. The van der Waals surface area contributed by atoms with E-state index in [0.717, 1.165) is 16.1 Å². The summed E-state index contributed by atoms with van der Waals surface area (Å²) in [5.74, 6) is 3.35. The van der Waals surface area contributed by atoms with E-state index >= 15 is 0 Å². The van der Waals surface area contributed by atoms with Crippen molar-refractivity contribution in [3.63, 3.8) is 0 Å². The highest BCUT2D eigenvalue weighted by molar-refractivity contribution is 9.10. The maximum atomic E-state index is 4.37. The Balaban J connectivity index is 1.71. The van der Waals surface area contributed by atoms with Crippen molar-refractivity contribution in [1.29, 1.82) is 0 Å². The minimum Gasteiger partial charge on any atom is -0.259 e. The summed E-state index contributed by atoms with van der Waals surface area (Å²) in [5, 5.41) is 0. The lowest BCUT2D eigenvalue weighted by atomic mass is 10.1. The predicted octanol–water partition coefficient (Wildman–Crippen LogP) is 4.27. The van der Waals surface area contributed by atoms with E-state index < -0.39 is 0 Å². The number of pyridine rings is 1. The molecule has 1 aliphatic rings. The van der Waals surface area contributed by atoms with Crippen molar-refractivity contribution >= 4 is 27.7 Å².